The Balaban J connectivity index is 0.00000210. The molecule has 1 heterocycles. The summed E-state index contributed by atoms with van der Waals surface area (Å²) in [4.78, 5) is 3.52. The molecule has 0 aliphatic rings. The van der Waals surface area contributed by atoms with Gasteiger partial charge in [-0.25, -0.2) is 0 Å². The first-order chi connectivity index (χ1) is 12.8. The highest BCUT2D eigenvalue weighted by atomic mass is 14.7. The first kappa shape index (κ1) is 16.2. The first-order valence-corrected chi connectivity index (χ1v) is 8.87. The number of aromatic nitrogens is 1. The van der Waals surface area contributed by atoms with Crippen LogP contribution in [-0.2, 0) is 0 Å². The number of benzene rings is 3. The molecular formula is C25H23N. The van der Waals surface area contributed by atoms with E-state index >= 15 is 0 Å². The van der Waals surface area contributed by atoms with Crippen LogP contribution in [0.2, 0.25) is 0 Å². The molecule has 128 valence electrons. The average Bonchev–Trinajstić information content (AvgIpc) is 3.06. The zero-order valence-corrected chi connectivity index (χ0v) is 14.9. The number of allylic oxidation sites excluding steroid dienone is 5. The minimum atomic E-state index is 0. The summed E-state index contributed by atoms with van der Waals surface area (Å²) >= 11 is 0. The molecule has 0 unspecified atom stereocenters. The van der Waals surface area contributed by atoms with Crippen LogP contribution < -0.4 is 0 Å². The Labute approximate surface area is 155 Å². The Morgan fingerprint density at radius 1 is 0.885 bits per heavy atom. The van der Waals surface area contributed by atoms with Crippen LogP contribution in [0.5, 0.6) is 0 Å². The molecule has 1 aromatic heterocycles. The Kier molecular flexibility index (Phi) is 4.28. The first-order valence-electron chi connectivity index (χ1n) is 8.87. The van der Waals surface area contributed by atoms with E-state index < -0.39 is 0 Å². The van der Waals surface area contributed by atoms with Crippen molar-refractivity contribution in [2.45, 2.75) is 6.92 Å². The van der Waals surface area contributed by atoms with Crippen molar-refractivity contribution in [1.82, 2.24) is 4.98 Å². The summed E-state index contributed by atoms with van der Waals surface area (Å²) in [6.45, 7) is 5.98. The number of hydrogen-bond acceptors (Lipinski definition) is 0. The third-order valence-electron chi connectivity index (χ3n) is 4.73. The molecule has 0 saturated heterocycles. The van der Waals surface area contributed by atoms with Gasteiger partial charge in [0.25, 0.3) is 0 Å². The molecule has 0 aliphatic heterocycles. The third-order valence-corrected chi connectivity index (χ3v) is 4.73. The van der Waals surface area contributed by atoms with Crippen molar-refractivity contribution in [1.29, 1.82) is 0 Å². The van der Waals surface area contributed by atoms with Gasteiger partial charge < -0.3 is 4.98 Å². The molecule has 4 rings (SSSR count). The van der Waals surface area contributed by atoms with Crippen LogP contribution in [0.3, 0.4) is 0 Å². The summed E-state index contributed by atoms with van der Waals surface area (Å²) < 4.78 is 0. The molecule has 0 fully saturated rings. The number of rotatable bonds is 4. The van der Waals surface area contributed by atoms with Crippen molar-refractivity contribution in [3.05, 3.63) is 103 Å². The van der Waals surface area contributed by atoms with Gasteiger partial charge in [0.1, 0.15) is 0 Å². The zero-order valence-electron chi connectivity index (χ0n) is 14.9. The van der Waals surface area contributed by atoms with Crippen LogP contribution in [0.25, 0.3) is 38.5 Å². The second-order valence-electron chi connectivity index (χ2n) is 6.36. The van der Waals surface area contributed by atoms with Gasteiger partial charge >= 0.3 is 0 Å². The standard InChI is InChI=1S/C25H21N.H2/c1-3-5-9-18(4-2)20-12-14-24-22(16-20)23-17-21(13-15-25(23)26-24)19-10-7-6-8-11-19;/h3-17,26H,2H2,1H3;1H/b5-3-,18-9+;. The van der Waals surface area contributed by atoms with Crippen molar-refractivity contribution in [3.8, 4) is 11.1 Å². The van der Waals surface area contributed by atoms with Gasteiger partial charge in [0.15, 0.2) is 0 Å². The number of H-pyrrole nitrogens is 1. The van der Waals surface area contributed by atoms with Crippen LogP contribution in [0, 0.1) is 0 Å². The van der Waals surface area contributed by atoms with Crippen molar-refractivity contribution >= 4 is 27.4 Å². The molecule has 0 amide bonds. The van der Waals surface area contributed by atoms with E-state index in [1.807, 2.05) is 31.2 Å². The molecule has 0 bridgehead atoms. The van der Waals surface area contributed by atoms with Gasteiger partial charge in [-0.05, 0) is 53.5 Å². The van der Waals surface area contributed by atoms with E-state index in [1.165, 1.54) is 27.5 Å². The highest BCUT2D eigenvalue weighted by Gasteiger charge is 2.08. The molecule has 0 spiro atoms. The maximum absolute atomic E-state index is 3.96. The maximum atomic E-state index is 3.96. The van der Waals surface area contributed by atoms with Gasteiger partial charge in [0.05, 0.1) is 0 Å². The van der Waals surface area contributed by atoms with Gasteiger partial charge in [-0.15, -0.1) is 0 Å². The van der Waals surface area contributed by atoms with Crippen molar-refractivity contribution in [2.75, 3.05) is 0 Å². The molecule has 0 radical (unpaired) electrons. The topological polar surface area (TPSA) is 15.8 Å². The minimum absolute atomic E-state index is 0. The summed E-state index contributed by atoms with van der Waals surface area (Å²) in [6.07, 6.45) is 8.08. The van der Waals surface area contributed by atoms with Crippen LogP contribution in [0.4, 0.5) is 0 Å². The Morgan fingerprint density at radius 3 is 2.35 bits per heavy atom. The molecule has 1 nitrogen and oxygen atoms in total. The van der Waals surface area contributed by atoms with E-state index in [2.05, 4.69) is 78.3 Å². The molecule has 26 heavy (non-hydrogen) atoms. The third kappa shape index (κ3) is 2.89. The molecule has 4 aromatic rings. The van der Waals surface area contributed by atoms with Gasteiger partial charge in [-0.2, -0.15) is 0 Å². The molecule has 1 heteroatoms. The largest absolute Gasteiger partial charge is 0.355 e. The van der Waals surface area contributed by atoms with Crippen LogP contribution in [0.15, 0.2) is 97.6 Å². The number of nitrogens with one attached hydrogen (secondary N) is 1. The van der Waals surface area contributed by atoms with Crippen LogP contribution in [0.1, 0.15) is 13.9 Å². The van der Waals surface area contributed by atoms with E-state index in [9.17, 15) is 0 Å². The van der Waals surface area contributed by atoms with Gasteiger partial charge in [0.2, 0.25) is 0 Å². The Morgan fingerprint density at radius 2 is 1.62 bits per heavy atom. The van der Waals surface area contributed by atoms with Gasteiger partial charge in [0, 0.05) is 23.2 Å². The second kappa shape index (κ2) is 6.89. The van der Waals surface area contributed by atoms with Crippen molar-refractivity contribution < 1.29 is 1.43 Å². The molecule has 0 saturated carbocycles. The van der Waals surface area contributed by atoms with Crippen LogP contribution in [-0.4, -0.2) is 4.98 Å². The fraction of sp³-hybridized carbons (Fsp3) is 0.0400. The summed E-state index contributed by atoms with van der Waals surface area (Å²) in [5.74, 6) is 0. The number of aromatic amines is 1. The Bertz CT molecular complexity index is 1150. The lowest BCUT2D eigenvalue weighted by Crippen LogP contribution is -1.80. The lowest BCUT2D eigenvalue weighted by molar-refractivity contribution is 1.54. The zero-order chi connectivity index (χ0) is 17.9. The fourth-order valence-electron chi connectivity index (χ4n) is 3.37. The van der Waals surface area contributed by atoms with E-state index in [1.54, 1.807) is 0 Å². The smallest absolute Gasteiger partial charge is 0.0465 e. The van der Waals surface area contributed by atoms with Crippen molar-refractivity contribution in [3.63, 3.8) is 0 Å². The Hall–Kier alpha value is -3.32. The molecule has 0 aliphatic carbocycles. The quantitative estimate of drug-likeness (QED) is 0.374. The summed E-state index contributed by atoms with van der Waals surface area (Å²) in [6, 6.07) is 23.7. The van der Waals surface area contributed by atoms with Crippen LogP contribution >= 0.6 is 0 Å². The van der Waals surface area contributed by atoms with Gasteiger partial charge in [-0.1, -0.05) is 73.3 Å². The summed E-state index contributed by atoms with van der Waals surface area (Å²) in [7, 11) is 0. The predicted octanol–water partition coefficient (Wildman–Crippen LogP) is 7.38. The molecule has 3 aromatic carbocycles. The SMILES string of the molecule is C=C/C(=C\C=C/C)c1ccc2[nH]c3ccc(-c4ccccc4)cc3c2c1.[HH]. The lowest BCUT2D eigenvalue weighted by atomic mass is 10.00. The predicted molar refractivity (Wildman–Crippen MR) is 116 cm³/mol. The maximum Gasteiger partial charge on any atom is 0.0465 e. The van der Waals surface area contributed by atoms with E-state index in [-0.39, 0.29) is 1.43 Å². The fourth-order valence-corrected chi connectivity index (χ4v) is 3.37. The lowest BCUT2D eigenvalue weighted by Gasteiger charge is -2.04. The molecular weight excluding hydrogens is 314 g/mol. The summed E-state index contributed by atoms with van der Waals surface area (Å²) in [5, 5.41) is 2.49. The number of fused-ring (bicyclic) bond motifs is 3. The minimum Gasteiger partial charge on any atom is -0.355 e. The van der Waals surface area contributed by atoms with E-state index in [0.717, 1.165) is 16.6 Å². The van der Waals surface area contributed by atoms with Crippen molar-refractivity contribution in [2.24, 2.45) is 0 Å². The van der Waals surface area contributed by atoms with E-state index in [0.29, 0.717) is 0 Å². The number of hydrogen-bond donors (Lipinski definition) is 1. The van der Waals surface area contributed by atoms with Gasteiger partial charge in [-0.3, -0.25) is 0 Å². The highest BCUT2D eigenvalue weighted by molar-refractivity contribution is 6.09. The monoisotopic (exact) mass is 337 g/mol. The van der Waals surface area contributed by atoms with E-state index in [4.69, 9.17) is 0 Å². The summed E-state index contributed by atoms with van der Waals surface area (Å²) in [5.41, 5.74) is 7.09. The highest BCUT2D eigenvalue weighted by Crippen LogP contribution is 2.32. The average molecular weight is 337 g/mol. The second-order valence-corrected chi connectivity index (χ2v) is 6.36. The normalized spacial score (nSPS) is 12.3. The molecule has 0 atom stereocenters. The molecule has 1 N–H and O–H groups in total.